The SMILES string of the molecule is COP(=O)(OC)[C@@H](N=[N+]=[N-])[C@H](Cc1ccccc1)OC(C)=O. The molecule has 0 heterocycles. The molecule has 1 rings (SSSR count). The van der Waals surface area contributed by atoms with Gasteiger partial charge in [0.25, 0.3) is 0 Å². The van der Waals surface area contributed by atoms with Gasteiger partial charge in [0, 0.05) is 32.5 Å². The summed E-state index contributed by atoms with van der Waals surface area (Å²) >= 11 is 0. The molecule has 0 aliphatic heterocycles. The molecule has 0 unspecified atom stereocenters. The highest BCUT2D eigenvalue weighted by molar-refractivity contribution is 7.54. The molecule has 1 aromatic rings. The lowest BCUT2D eigenvalue weighted by molar-refractivity contribution is -0.146. The van der Waals surface area contributed by atoms with Crippen molar-refractivity contribution in [2.45, 2.75) is 25.2 Å². The molecule has 0 fully saturated rings. The molecule has 0 radical (unpaired) electrons. The molecule has 9 heteroatoms. The maximum Gasteiger partial charge on any atom is 0.342 e. The van der Waals surface area contributed by atoms with E-state index in [4.69, 9.17) is 19.3 Å². The van der Waals surface area contributed by atoms with Gasteiger partial charge in [-0.2, -0.15) is 0 Å². The molecule has 8 nitrogen and oxygen atoms in total. The Hall–Kier alpha value is -1.85. The Balaban J connectivity index is 3.17. The molecule has 0 spiro atoms. The first-order valence-electron chi connectivity index (χ1n) is 6.43. The van der Waals surface area contributed by atoms with Gasteiger partial charge in [0.1, 0.15) is 6.10 Å². The lowest BCUT2D eigenvalue weighted by Crippen LogP contribution is -2.32. The smallest absolute Gasteiger partial charge is 0.342 e. The van der Waals surface area contributed by atoms with Crippen LogP contribution in [0.3, 0.4) is 0 Å². The van der Waals surface area contributed by atoms with E-state index < -0.39 is 25.5 Å². The quantitative estimate of drug-likeness (QED) is 0.239. The topological polar surface area (TPSA) is 111 Å². The van der Waals surface area contributed by atoms with E-state index in [-0.39, 0.29) is 6.42 Å². The molecular formula is C13H18N3O5P. The highest BCUT2D eigenvalue weighted by atomic mass is 31.2. The maximum absolute atomic E-state index is 12.6. The van der Waals surface area contributed by atoms with Gasteiger partial charge in [0.15, 0.2) is 5.78 Å². The second-order valence-corrected chi connectivity index (χ2v) is 6.70. The van der Waals surface area contributed by atoms with Gasteiger partial charge in [0.2, 0.25) is 0 Å². The monoisotopic (exact) mass is 327 g/mol. The summed E-state index contributed by atoms with van der Waals surface area (Å²) in [7, 11) is -1.40. The fourth-order valence-corrected chi connectivity index (χ4v) is 3.28. The molecule has 0 amide bonds. The summed E-state index contributed by atoms with van der Waals surface area (Å²) in [6.45, 7) is 1.22. The van der Waals surface area contributed by atoms with Crippen LogP contribution in [0, 0.1) is 0 Å². The average molecular weight is 327 g/mol. The summed E-state index contributed by atoms with van der Waals surface area (Å²) in [6, 6.07) is 9.09. The zero-order chi connectivity index (χ0) is 16.6. The Morgan fingerprint density at radius 1 is 1.32 bits per heavy atom. The zero-order valence-electron chi connectivity index (χ0n) is 12.6. The van der Waals surface area contributed by atoms with Crippen LogP contribution in [0.25, 0.3) is 10.4 Å². The van der Waals surface area contributed by atoms with Crippen molar-refractivity contribution in [1.29, 1.82) is 0 Å². The van der Waals surface area contributed by atoms with E-state index in [0.29, 0.717) is 0 Å². The molecule has 0 aliphatic carbocycles. The van der Waals surface area contributed by atoms with Crippen molar-refractivity contribution in [1.82, 2.24) is 0 Å². The molecular weight excluding hydrogens is 309 g/mol. The van der Waals surface area contributed by atoms with Crippen LogP contribution in [-0.2, 0) is 29.6 Å². The summed E-state index contributed by atoms with van der Waals surface area (Å²) in [4.78, 5) is 14.0. The first kappa shape index (κ1) is 18.2. The average Bonchev–Trinajstić information content (AvgIpc) is 2.52. The van der Waals surface area contributed by atoms with E-state index in [1.165, 1.54) is 21.1 Å². The number of hydrogen-bond acceptors (Lipinski definition) is 6. The van der Waals surface area contributed by atoms with Crippen LogP contribution in [-0.4, -0.2) is 32.1 Å². The first-order chi connectivity index (χ1) is 10.5. The third-order valence-electron chi connectivity index (χ3n) is 2.93. The van der Waals surface area contributed by atoms with Crippen LogP contribution in [0.15, 0.2) is 35.4 Å². The number of hydrogen-bond donors (Lipinski definition) is 0. The van der Waals surface area contributed by atoms with Crippen molar-refractivity contribution >= 4 is 13.6 Å². The normalized spacial score (nSPS) is 13.8. The Bertz CT molecular complexity index is 581. The van der Waals surface area contributed by atoms with Gasteiger partial charge in [-0.1, -0.05) is 35.4 Å². The second-order valence-electron chi connectivity index (χ2n) is 4.36. The molecule has 2 atom stereocenters. The van der Waals surface area contributed by atoms with Crippen LogP contribution in [0.2, 0.25) is 0 Å². The van der Waals surface area contributed by atoms with Crippen LogP contribution in [0.4, 0.5) is 0 Å². The van der Waals surface area contributed by atoms with Gasteiger partial charge in [-0.3, -0.25) is 9.36 Å². The number of esters is 1. The third-order valence-corrected chi connectivity index (χ3v) is 5.03. The van der Waals surface area contributed by atoms with Crippen molar-refractivity contribution in [3.05, 3.63) is 46.3 Å². The summed E-state index contributed by atoms with van der Waals surface area (Å²) in [5.74, 6) is -1.87. The highest BCUT2D eigenvalue weighted by Gasteiger charge is 2.41. The maximum atomic E-state index is 12.6. The van der Waals surface area contributed by atoms with Gasteiger partial charge in [-0.15, -0.1) is 0 Å². The van der Waals surface area contributed by atoms with E-state index in [9.17, 15) is 9.36 Å². The van der Waals surface area contributed by atoms with Crippen molar-refractivity contribution in [3.8, 4) is 0 Å². The molecule has 0 saturated heterocycles. The van der Waals surface area contributed by atoms with Crippen LogP contribution in [0.5, 0.6) is 0 Å². The Morgan fingerprint density at radius 3 is 2.36 bits per heavy atom. The minimum atomic E-state index is -3.75. The Labute approximate surface area is 128 Å². The fraction of sp³-hybridized carbons (Fsp3) is 0.462. The highest BCUT2D eigenvalue weighted by Crippen LogP contribution is 2.54. The van der Waals surface area contributed by atoms with E-state index in [1.54, 1.807) is 0 Å². The van der Waals surface area contributed by atoms with Crippen molar-refractivity contribution in [2.24, 2.45) is 5.11 Å². The van der Waals surface area contributed by atoms with Crippen LogP contribution in [0.1, 0.15) is 12.5 Å². The molecule has 0 saturated carbocycles. The molecule has 1 aromatic carbocycles. The minimum Gasteiger partial charge on any atom is -0.461 e. The van der Waals surface area contributed by atoms with Crippen LogP contribution < -0.4 is 0 Å². The molecule has 0 aromatic heterocycles. The number of nitrogens with zero attached hydrogens (tertiary/aromatic N) is 3. The molecule has 22 heavy (non-hydrogen) atoms. The molecule has 0 bridgehead atoms. The van der Waals surface area contributed by atoms with Crippen molar-refractivity contribution in [2.75, 3.05) is 14.2 Å². The number of carbonyl (C=O) groups is 1. The number of azide groups is 1. The van der Waals surface area contributed by atoms with E-state index in [0.717, 1.165) is 5.56 Å². The fourth-order valence-electron chi connectivity index (χ4n) is 1.95. The Morgan fingerprint density at radius 2 is 1.91 bits per heavy atom. The van der Waals surface area contributed by atoms with Gasteiger partial charge in [-0.25, -0.2) is 0 Å². The summed E-state index contributed by atoms with van der Waals surface area (Å²) in [5, 5.41) is 3.48. The van der Waals surface area contributed by atoms with Gasteiger partial charge in [0.05, 0.1) is 0 Å². The van der Waals surface area contributed by atoms with Gasteiger partial charge < -0.3 is 13.8 Å². The standard InChI is InChI=1S/C13H18N3O5P/c1-10(17)21-12(9-11-7-5-4-6-8-11)13(15-16-14)22(18,19-2)20-3/h4-8,12-13H,9H2,1-3H3/t12-,13+/m0/s1. The van der Waals surface area contributed by atoms with Crippen molar-refractivity contribution < 1.29 is 23.1 Å². The summed E-state index contributed by atoms with van der Waals surface area (Å²) in [5.41, 5.74) is 9.55. The molecule has 0 aliphatic rings. The van der Waals surface area contributed by atoms with E-state index in [1.807, 2.05) is 30.3 Å². The third kappa shape index (κ3) is 4.86. The zero-order valence-corrected chi connectivity index (χ0v) is 13.5. The molecule has 120 valence electrons. The van der Waals surface area contributed by atoms with Gasteiger partial charge >= 0.3 is 13.6 Å². The number of carbonyl (C=O) groups excluding carboxylic acids is 1. The number of benzene rings is 1. The van der Waals surface area contributed by atoms with Gasteiger partial charge in [-0.05, 0) is 11.1 Å². The first-order valence-corrected chi connectivity index (χ1v) is 8.04. The second kappa shape index (κ2) is 8.56. The minimum absolute atomic E-state index is 0.209. The van der Waals surface area contributed by atoms with E-state index >= 15 is 0 Å². The summed E-state index contributed by atoms with van der Waals surface area (Å²) < 4.78 is 27.5. The Kier molecular flexibility index (Phi) is 7.08. The number of rotatable bonds is 8. The number of ether oxygens (including phenoxy) is 1. The predicted octanol–water partition coefficient (Wildman–Crippen LogP) is 3.28. The summed E-state index contributed by atoms with van der Waals surface area (Å²) in [6.07, 6.45) is -0.762. The predicted molar refractivity (Wildman–Crippen MR) is 80.3 cm³/mol. The lowest BCUT2D eigenvalue weighted by atomic mass is 10.1. The van der Waals surface area contributed by atoms with E-state index in [2.05, 4.69) is 10.0 Å². The van der Waals surface area contributed by atoms with Crippen molar-refractivity contribution in [3.63, 3.8) is 0 Å². The lowest BCUT2D eigenvalue weighted by Gasteiger charge is -2.27. The molecule has 0 N–H and O–H groups in total. The largest absolute Gasteiger partial charge is 0.461 e. The van der Waals surface area contributed by atoms with Crippen LogP contribution >= 0.6 is 7.60 Å².